The molecule has 0 bridgehead atoms. The predicted molar refractivity (Wildman–Crippen MR) is 66.1 cm³/mol. The van der Waals surface area contributed by atoms with E-state index in [9.17, 15) is 0 Å². The van der Waals surface area contributed by atoms with Gasteiger partial charge in [-0.05, 0) is 30.7 Å². The zero-order chi connectivity index (χ0) is 10.8. The van der Waals surface area contributed by atoms with Crippen LogP contribution in [0, 0.1) is 6.92 Å². The maximum Gasteiger partial charge on any atom is 0.124 e. The summed E-state index contributed by atoms with van der Waals surface area (Å²) in [6.45, 7) is 2.03. The highest BCUT2D eigenvalue weighted by Gasteiger charge is 2.05. The van der Waals surface area contributed by atoms with Crippen LogP contribution in [0.2, 0.25) is 0 Å². The van der Waals surface area contributed by atoms with Crippen LogP contribution in [0.4, 0.5) is 0 Å². The van der Waals surface area contributed by atoms with Gasteiger partial charge >= 0.3 is 0 Å². The molecule has 2 rings (SSSR count). The second-order valence-electron chi connectivity index (χ2n) is 3.20. The maximum atomic E-state index is 5.21. The zero-order valence-corrected chi connectivity index (χ0v) is 10.2. The van der Waals surface area contributed by atoms with Gasteiger partial charge in [0.15, 0.2) is 0 Å². The van der Waals surface area contributed by atoms with E-state index < -0.39 is 0 Å². The molecule has 0 amide bonds. The Hall–Kier alpha value is -1.00. The Labute approximate surface area is 98.3 Å². The maximum absolute atomic E-state index is 5.21. The smallest absolute Gasteiger partial charge is 0.124 e. The molecule has 1 heterocycles. The lowest BCUT2D eigenvalue weighted by atomic mass is 10.1. The molecule has 1 aromatic carbocycles. The van der Waals surface area contributed by atoms with E-state index in [1.54, 1.807) is 18.4 Å². The molecule has 2 aromatic rings. The molecule has 0 saturated heterocycles. The summed E-state index contributed by atoms with van der Waals surface area (Å²) in [5.74, 6) is 0.904. The number of benzene rings is 1. The van der Waals surface area contributed by atoms with Crippen LogP contribution in [0.1, 0.15) is 5.56 Å². The van der Waals surface area contributed by atoms with E-state index in [0.717, 1.165) is 26.9 Å². The van der Waals surface area contributed by atoms with Crippen molar-refractivity contribution in [2.75, 3.05) is 7.11 Å². The number of hydrogen-bond acceptors (Lipinski definition) is 4. The predicted octanol–water partition coefficient (Wildman–Crippen LogP) is 3.42. The summed E-state index contributed by atoms with van der Waals surface area (Å²) in [4.78, 5) is 4.32. The van der Waals surface area contributed by atoms with Crippen LogP contribution < -0.4 is 4.74 Å². The zero-order valence-electron chi connectivity index (χ0n) is 8.52. The first-order valence-electron chi connectivity index (χ1n) is 4.50. The highest BCUT2D eigenvalue weighted by molar-refractivity contribution is 7.80. The lowest BCUT2D eigenvalue weighted by Gasteiger charge is -2.05. The summed E-state index contributed by atoms with van der Waals surface area (Å²) in [5.41, 5.74) is 2.23. The van der Waals surface area contributed by atoms with E-state index in [0.29, 0.717) is 0 Å². The summed E-state index contributed by atoms with van der Waals surface area (Å²) in [6, 6.07) is 6.05. The van der Waals surface area contributed by atoms with Crippen molar-refractivity contribution in [1.82, 2.24) is 4.98 Å². The Bertz CT molecular complexity index is 479. The summed E-state index contributed by atoms with van der Waals surface area (Å²) in [7, 11) is 1.68. The standard InChI is InChI=1S/C11H11NOS2/c1-7-5-8(3-4-9(7)13-2)11-12-10(14)6-15-11/h3-6,14H,1-2H3. The monoisotopic (exact) mass is 237 g/mol. The minimum absolute atomic E-state index is 0.767. The molecule has 1 aromatic heterocycles. The molecular weight excluding hydrogens is 226 g/mol. The van der Waals surface area contributed by atoms with Gasteiger partial charge in [-0.2, -0.15) is 0 Å². The van der Waals surface area contributed by atoms with Crippen molar-refractivity contribution in [3.63, 3.8) is 0 Å². The Kier molecular flexibility index (Phi) is 2.98. The lowest BCUT2D eigenvalue weighted by molar-refractivity contribution is 0.412. The van der Waals surface area contributed by atoms with Gasteiger partial charge < -0.3 is 4.74 Å². The number of methoxy groups -OCH3 is 1. The molecule has 15 heavy (non-hydrogen) atoms. The Morgan fingerprint density at radius 2 is 2.20 bits per heavy atom. The van der Waals surface area contributed by atoms with Gasteiger partial charge in [0, 0.05) is 10.9 Å². The van der Waals surface area contributed by atoms with Crippen LogP contribution in [0.5, 0.6) is 5.75 Å². The minimum atomic E-state index is 0.767. The Morgan fingerprint density at radius 1 is 1.40 bits per heavy atom. The van der Waals surface area contributed by atoms with Crippen molar-refractivity contribution >= 4 is 24.0 Å². The first-order chi connectivity index (χ1) is 7.20. The molecule has 0 spiro atoms. The van der Waals surface area contributed by atoms with E-state index >= 15 is 0 Å². The largest absolute Gasteiger partial charge is 0.496 e. The van der Waals surface area contributed by atoms with Crippen molar-refractivity contribution < 1.29 is 4.74 Å². The van der Waals surface area contributed by atoms with Crippen LogP contribution in [-0.2, 0) is 0 Å². The lowest BCUT2D eigenvalue weighted by Crippen LogP contribution is -1.87. The Morgan fingerprint density at radius 3 is 2.73 bits per heavy atom. The molecule has 0 unspecified atom stereocenters. The number of ether oxygens (including phenoxy) is 1. The summed E-state index contributed by atoms with van der Waals surface area (Å²) < 4.78 is 5.21. The molecule has 0 saturated carbocycles. The fourth-order valence-corrected chi connectivity index (χ4v) is 2.42. The topological polar surface area (TPSA) is 22.1 Å². The average molecular weight is 237 g/mol. The van der Waals surface area contributed by atoms with Crippen LogP contribution in [0.15, 0.2) is 28.6 Å². The van der Waals surface area contributed by atoms with E-state index in [2.05, 4.69) is 23.7 Å². The molecule has 0 radical (unpaired) electrons. The van der Waals surface area contributed by atoms with E-state index in [4.69, 9.17) is 4.74 Å². The van der Waals surface area contributed by atoms with Gasteiger partial charge in [-0.25, -0.2) is 4.98 Å². The van der Waals surface area contributed by atoms with E-state index in [1.807, 2.05) is 24.4 Å². The fraction of sp³-hybridized carbons (Fsp3) is 0.182. The quantitative estimate of drug-likeness (QED) is 0.808. The van der Waals surface area contributed by atoms with E-state index in [1.165, 1.54) is 0 Å². The molecule has 2 nitrogen and oxygen atoms in total. The number of aryl methyl sites for hydroxylation is 1. The second-order valence-corrected chi connectivity index (χ2v) is 4.51. The third-order valence-corrected chi connectivity index (χ3v) is 3.43. The van der Waals surface area contributed by atoms with Crippen LogP contribution in [-0.4, -0.2) is 12.1 Å². The molecule has 0 atom stereocenters. The van der Waals surface area contributed by atoms with E-state index in [-0.39, 0.29) is 0 Å². The molecule has 4 heteroatoms. The Balaban J connectivity index is 2.42. The van der Waals surface area contributed by atoms with Crippen molar-refractivity contribution in [3.8, 4) is 16.3 Å². The number of hydrogen-bond donors (Lipinski definition) is 1. The van der Waals surface area contributed by atoms with Crippen LogP contribution >= 0.6 is 24.0 Å². The average Bonchev–Trinajstić information content (AvgIpc) is 2.65. The third-order valence-electron chi connectivity index (χ3n) is 2.13. The molecule has 0 aliphatic carbocycles. The molecule has 0 fully saturated rings. The highest BCUT2D eigenvalue weighted by atomic mass is 32.1. The SMILES string of the molecule is COc1ccc(-c2nc(S)cs2)cc1C. The number of thiazole rings is 1. The molecule has 0 N–H and O–H groups in total. The first kappa shape index (κ1) is 10.5. The number of aromatic nitrogens is 1. The minimum Gasteiger partial charge on any atom is -0.496 e. The van der Waals surface area contributed by atoms with Crippen molar-refractivity contribution in [2.24, 2.45) is 0 Å². The van der Waals surface area contributed by atoms with Crippen LogP contribution in [0.25, 0.3) is 10.6 Å². The number of thiol groups is 1. The number of rotatable bonds is 2. The van der Waals surface area contributed by atoms with Crippen molar-refractivity contribution in [1.29, 1.82) is 0 Å². The number of nitrogens with zero attached hydrogens (tertiary/aromatic N) is 1. The van der Waals surface area contributed by atoms with Crippen molar-refractivity contribution in [2.45, 2.75) is 11.9 Å². The van der Waals surface area contributed by atoms with Gasteiger partial charge in [0.25, 0.3) is 0 Å². The van der Waals surface area contributed by atoms with Crippen molar-refractivity contribution in [3.05, 3.63) is 29.1 Å². The fourth-order valence-electron chi connectivity index (χ4n) is 1.41. The van der Waals surface area contributed by atoms with Gasteiger partial charge in [0.1, 0.15) is 15.8 Å². The van der Waals surface area contributed by atoms with Gasteiger partial charge in [-0.15, -0.1) is 24.0 Å². The summed E-state index contributed by atoms with van der Waals surface area (Å²) >= 11 is 5.79. The highest BCUT2D eigenvalue weighted by Crippen LogP contribution is 2.28. The van der Waals surface area contributed by atoms with Gasteiger partial charge in [0.05, 0.1) is 7.11 Å². The molecule has 0 aliphatic rings. The second kappa shape index (κ2) is 4.24. The molecular formula is C11H11NOS2. The molecule has 78 valence electrons. The van der Waals surface area contributed by atoms with Gasteiger partial charge in [-0.1, -0.05) is 0 Å². The third kappa shape index (κ3) is 2.16. The van der Waals surface area contributed by atoms with Crippen LogP contribution in [0.3, 0.4) is 0 Å². The normalized spacial score (nSPS) is 10.3. The molecule has 0 aliphatic heterocycles. The van der Waals surface area contributed by atoms with Gasteiger partial charge in [-0.3, -0.25) is 0 Å². The van der Waals surface area contributed by atoms with Gasteiger partial charge in [0.2, 0.25) is 0 Å². The summed E-state index contributed by atoms with van der Waals surface area (Å²) in [5, 5.41) is 3.69. The summed E-state index contributed by atoms with van der Waals surface area (Å²) in [6.07, 6.45) is 0. The first-order valence-corrected chi connectivity index (χ1v) is 5.83.